The molecule has 2 aromatic heterocycles. The molecule has 0 atom stereocenters. The van der Waals surface area contributed by atoms with Crippen LogP contribution in [0.4, 0.5) is 11.8 Å². The first-order valence-corrected chi connectivity index (χ1v) is 7.08. The van der Waals surface area contributed by atoms with E-state index >= 15 is 0 Å². The molecule has 114 valence electrons. The van der Waals surface area contributed by atoms with Gasteiger partial charge in [0, 0.05) is 12.6 Å². The summed E-state index contributed by atoms with van der Waals surface area (Å²) in [4.78, 5) is 27.5. The lowest BCUT2D eigenvalue weighted by molar-refractivity contribution is -0.119. The number of nitrogens with one attached hydrogen (secondary N) is 4. The van der Waals surface area contributed by atoms with Gasteiger partial charge in [0.25, 0.3) is 0 Å². The highest BCUT2D eigenvalue weighted by molar-refractivity contribution is 5.87. The van der Waals surface area contributed by atoms with E-state index in [1.54, 1.807) is 6.33 Å². The first-order chi connectivity index (χ1) is 10.1. The normalized spacial score (nSPS) is 10.9. The molecule has 0 aliphatic heterocycles. The Morgan fingerprint density at radius 2 is 2.14 bits per heavy atom. The number of H-pyrrole nitrogens is 1. The maximum Gasteiger partial charge on any atom is 0.239 e. The minimum atomic E-state index is -0.0839. The van der Waals surface area contributed by atoms with Gasteiger partial charge < -0.3 is 20.9 Å². The number of hydrogen-bond acceptors (Lipinski definition) is 6. The van der Waals surface area contributed by atoms with Crippen molar-refractivity contribution in [3.63, 3.8) is 0 Å². The van der Waals surface area contributed by atoms with Gasteiger partial charge in [-0.15, -0.1) is 0 Å². The van der Waals surface area contributed by atoms with Gasteiger partial charge in [0.1, 0.15) is 5.52 Å². The van der Waals surface area contributed by atoms with Crippen molar-refractivity contribution in [1.29, 1.82) is 0 Å². The van der Waals surface area contributed by atoms with Crippen molar-refractivity contribution in [3.05, 3.63) is 6.33 Å². The first-order valence-electron chi connectivity index (χ1n) is 7.08. The number of nitrogens with zero attached hydrogens (tertiary/aromatic N) is 3. The predicted octanol–water partition coefficient (Wildman–Crippen LogP) is 1.11. The van der Waals surface area contributed by atoms with Gasteiger partial charge in [0.2, 0.25) is 11.9 Å². The second kappa shape index (κ2) is 6.87. The summed E-state index contributed by atoms with van der Waals surface area (Å²) < 4.78 is 0. The summed E-state index contributed by atoms with van der Waals surface area (Å²) in [5, 5.41) is 8.96. The van der Waals surface area contributed by atoms with E-state index in [4.69, 9.17) is 0 Å². The molecule has 8 nitrogen and oxygen atoms in total. The monoisotopic (exact) mass is 291 g/mol. The summed E-state index contributed by atoms with van der Waals surface area (Å²) in [7, 11) is 0. The molecule has 2 heterocycles. The van der Waals surface area contributed by atoms with Crippen molar-refractivity contribution in [2.24, 2.45) is 0 Å². The van der Waals surface area contributed by atoms with Crippen LogP contribution in [0.3, 0.4) is 0 Å². The Bertz CT molecular complexity index is 608. The topological polar surface area (TPSA) is 108 Å². The summed E-state index contributed by atoms with van der Waals surface area (Å²) in [6.45, 7) is 6.83. The SMILES string of the molecule is CCCNc1nc(NCC(=O)NC(C)C)c2[nH]cnc2n1. The van der Waals surface area contributed by atoms with Crippen LogP contribution in [-0.2, 0) is 4.79 Å². The molecule has 21 heavy (non-hydrogen) atoms. The second-order valence-corrected chi connectivity index (χ2v) is 5.00. The molecule has 0 unspecified atom stereocenters. The number of rotatable bonds is 7. The summed E-state index contributed by atoms with van der Waals surface area (Å²) >= 11 is 0. The maximum absolute atomic E-state index is 11.7. The van der Waals surface area contributed by atoms with Crippen LogP contribution in [0.2, 0.25) is 0 Å². The minimum absolute atomic E-state index is 0.0839. The zero-order chi connectivity index (χ0) is 15.2. The van der Waals surface area contributed by atoms with Crippen molar-refractivity contribution in [3.8, 4) is 0 Å². The number of aromatic amines is 1. The number of carbonyl (C=O) groups is 1. The van der Waals surface area contributed by atoms with Gasteiger partial charge >= 0.3 is 0 Å². The van der Waals surface area contributed by atoms with E-state index in [9.17, 15) is 4.79 Å². The lowest BCUT2D eigenvalue weighted by Crippen LogP contribution is -2.35. The fourth-order valence-electron chi connectivity index (χ4n) is 1.81. The third kappa shape index (κ3) is 4.04. The van der Waals surface area contributed by atoms with E-state index in [0.29, 0.717) is 22.9 Å². The molecule has 0 aliphatic carbocycles. The van der Waals surface area contributed by atoms with Crippen molar-refractivity contribution < 1.29 is 4.79 Å². The van der Waals surface area contributed by atoms with Crippen LogP contribution in [0.5, 0.6) is 0 Å². The number of hydrogen-bond donors (Lipinski definition) is 4. The van der Waals surface area contributed by atoms with Crippen molar-refractivity contribution >= 4 is 28.8 Å². The molecule has 2 rings (SSSR count). The fourth-order valence-corrected chi connectivity index (χ4v) is 1.81. The Morgan fingerprint density at radius 1 is 1.33 bits per heavy atom. The van der Waals surface area contributed by atoms with Gasteiger partial charge in [0.05, 0.1) is 12.9 Å². The third-order valence-corrected chi connectivity index (χ3v) is 2.68. The van der Waals surface area contributed by atoms with Crippen LogP contribution in [0.1, 0.15) is 27.2 Å². The van der Waals surface area contributed by atoms with Crippen molar-refractivity contribution in [2.75, 3.05) is 23.7 Å². The Morgan fingerprint density at radius 3 is 2.86 bits per heavy atom. The van der Waals surface area contributed by atoms with E-state index in [1.807, 2.05) is 13.8 Å². The van der Waals surface area contributed by atoms with Gasteiger partial charge in [-0.2, -0.15) is 9.97 Å². The molecular formula is C13H21N7O. The van der Waals surface area contributed by atoms with Crippen molar-refractivity contribution in [1.82, 2.24) is 25.3 Å². The highest BCUT2D eigenvalue weighted by atomic mass is 16.1. The first kappa shape index (κ1) is 15.0. The molecule has 0 aromatic carbocycles. The maximum atomic E-state index is 11.7. The summed E-state index contributed by atoms with van der Waals surface area (Å²) in [6.07, 6.45) is 2.53. The number of imidazole rings is 1. The van der Waals surface area contributed by atoms with Crippen molar-refractivity contribution in [2.45, 2.75) is 33.2 Å². The number of amides is 1. The van der Waals surface area contributed by atoms with Crippen LogP contribution in [0, 0.1) is 0 Å². The van der Waals surface area contributed by atoms with Crippen LogP contribution >= 0.6 is 0 Å². The van der Waals surface area contributed by atoms with Crippen LogP contribution in [0.15, 0.2) is 6.33 Å². The molecule has 2 aromatic rings. The third-order valence-electron chi connectivity index (χ3n) is 2.68. The Hall–Kier alpha value is -2.38. The number of aromatic nitrogens is 4. The Balaban J connectivity index is 2.13. The van der Waals surface area contributed by atoms with Gasteiger partial charge in [-0.05, 0) is 20.3 Å². The molecule has 0 spiro atoms. The van der Waals surface area contributed by atoms with E-state index < -0.39 is 0 Å². The highest BCUT2D eigenvalue weighted by Crippen LogP contribution is 2.18. The molecule has 8 heteroatoms. The number of carbonyl (C=O) groups excluding carboxylic acids is 1. The van der Waals surface area contributed by atoms with E-state index in [1.165, 1.54) is 0 Å². The predicted molar refractivity (Wildman–Crippen MR) is 82.2 cm³/mol. The average Bonchev–Trinajstić information content (AvgIpc) is 2.90. The van der Waals surface area contributed by atoms with Crippen LogP contribution < -0.4 is 16.0 Å². The standard InChI is InChI=1S/C13H21N7O/c1-4-5-14-13-19-11(10-12(20-13)17-7-16-10)15-6-9(21)18-8(2)3/h7-8H,4-6H2,1-3H3,(H,18,21)(H3,14,15,16,17,19,20). The Kier molecular flexibility index (Phi) is 4.91. The molecule has 0 bridgehead atoms. The number of fused-ring (bicyclic) bond motifs is 1. The zero-order valence-corrected chi connectivity index (χ0v) is 12.5. The van der Waals surface area contributed by atoms with E-state index in [-0.39, 0.29) is 18.5 Å². The molecule has 0 aliphatic rings. The van der Waals surface area contributed by atoms with Gasteiger partial charge in [0.15, 0.2) is 11.5 Å². The lowest BCUT2D eigenvalue weighted by atomic mass is 10.4. The quantitative estimate of drug-likeness (QED) is 0.608. The highest BCUT2D eigenvalue weighted by Gasteiger charge is 2.11. The molecule has 0 fully saturated rings. The molecular weight excluding hydrogens is 270 g/mol. The molecule has 1 amide bonds. The lowest BCUT2D eigenvalue weighted by Gasteiger charge is -2.11. The smallest absolute Gasteiger partial charge is 0.239 e. The van der Waals surface area contributed by atoms with Gasteiger partial charge in [-0.25, -0.2) is 4.98 Å². The Labute approximate surface area is 123 Å². The van der Waals surface area contributed by atoms with Crippen LogP contribution in [0.25, 0.3) is 11.2 Å². The zero-order valence-electron chi connectivity index (χ0n) is 12.5. The van der Waals surface area contributed by atoms with Gasteiger partial charge in [-0.1, -0.05) is 6.92 Å². The summed E-state index contributed by atoms with van der Waals surface area (Å²) in [5.41, 5.74) is 1.25. The largest absolute Gasteiger partial charge is 0.359 e. The number of anilines is 2. The average molecular weight is 291 g/mol. The van der Waals surface area contributed by atoms with Gasteiger partial charge in [-0.3, -0.25) is 4.79 Å². The molecule has 0 saturated heterocycles. The summed E-state index contributed by atoms with van der Waals surface area (Å²) in [6, 6.07) is 0.110. The second-order valence-electron chi connectivity index (χ2n) is 5.00. The molecule has 0 radical (unpaired) electrons. The minimum Gasteiger partial charge on any atom is -0.359 e. The molecule has 0 saturated carbocycles. The van der Waals surface area contributed by atoms with E-state index in [0.717, 1.165) is 13.0 Å². The molecule has 4 N–H and O–H groups in total. The fraction of sp³-hybridized carbons (Fsp3) is 0.538. The van der Waals surface area contributed by atoms with Crippen LogP contribution in [-0.4, -0.2) is 45.0 Å². The summed E-state index contributed by atoms with van der Waals surface area (Å²) in [5.74, 6) is 0.984. The van der Waals surface area contributed by atoms with E-state index in [2.05, 4.69) is 42.8 Å².